The number of fused-ring (bicyclic) bond motifs is 1. The lowest BCUT2D eigenvalue weighted by Gasteiger charge is -2.10. The molecule has 0 saturated heterocycles. The summed E-state index contributed by atoms with van der Waals surface area (Å²) in [5.74, 6) is 0.0682. The van der Waals surface area contributed by atoms with Gasteiger partial charge in [0.2, 0.25) is 0 Å². The van der Waals surface area contributed by atoms with E-state index >= 15 is 0 Å². The van der Waals surface area contributed by atoms with Gasteiger partial charge in [0.25, 0.3) is 0 Å². The van der Waals surface area contributed by atoms with Crippen LogP contribution in [0.5, 0.6) is 11.5 Å². The van der Waals surface area contributed by atoms with Crippen LogP contribution < -0.4 is 10.4 Å². The van der Waals surface area contributed by atoms with Crippen LogP contribution in [0.1, 0.15) is 22.3 Å². The van der Waals surface area contributed by atoms with E-state index in [4.69, 9.17) is 13.9 Å². The first-order valence-electron chi connectivity index (χ1n) is 8.46. The molecule has 0 spiro atoms. The number of phenolic OH excluding ortho intramolecular Hbond substituents is 1. The average molecular weight is 368 g/mol. The number of carbonyl (C=O) groups is 1. The second kappa shape index (κ2) is 7.53. The minimum Gasteiger partial charge on any atom is -0.508 e. The molecule has 0 aliphatic rings. The second-order valence-electron chi connectivity index (χ2n) is 6.37. The van der Waals surface area contributed by atoms with Crippen LogP contribution in [-0.2, 0) is 16.1 Å². The van der Waals surface area contributed by atoms with Crippen LogP contribution in [0, 0.1) is 20.8 Å². The van der Waals surface area contributed by atoms with Crippen molar-refractivity contribution in [2.45, 2.75) is 27.4 Å². The molecule has 1 heterocycles. The molecule has 0 bridgehead atoms. The molecule has 0 amide bonds. The monoisotopic (exact) mass is 368 g/mol. The Morgan fingerprint density at radius 1 is 1.07 bits per heavy atom. The zero-order valence-corrected chi connectivity index (χ0v) is 15.4. The molecule has 2 aromatic carbocycles. The van der Waals surface area contributed by atoms with E-state index in [9.17, 15) is 14.7 Å². The lowest BCUT2D eigenvalue weighted by atomic mass is 10.1. The van der Waals surface area contributed by atoms with Crippen LogP contribution in [0.15, 0.2) is 45.6 Å². The maximum absolute atomic E-state index is 12.0. The molecule has 0 unspecified atom stereocenters. The summed E-state index contributed by atoms with van der Waals surface area (Å²) in [5, 5.41) is 10.4. The van der Waals surface area contributed by atoms with Crippen molar-refractivity contribution < 1.29 is 23.8 Å². The van der Waals surface area contributed by atoms with Crippen molar-refractivity contribution in [1.82, 2.24) is 0 Å². The first-order chi connectivity index (χ1) is 12.8. The third-order valence-electron chi connectivity index (χ3n) is 4.44. The molecular weight excluding hydrogens is 348 g/mol. The van der Waals surface area contributed by atoms with E-state index < -0.39 is 11.6 Å². The van der Waals surface area contributed by atoms with Gasteiger partial charge in [0.15, 0.2) is 6.61 Å². The highest BCUT2D eigenvalue weighted by molar-refractivity contribution is 5.85. The number of hydrogen-bond acceptors (Lipinski definition) is 6. The van der Waals surface area contributed by atoms with Crippen LogP contribution in [-0.4, -0.2) is 17.7 Å². The quantitative estimate of drug-likeness (QED) is 0.548. The smallest absolute Gasteiger partial charge is 0.344 e. The van der Waals surface area contributed by atoms with Crippen LogP contribution >= 0.6 is 0 Å². The number of phenols is 1. The van der Waals surface area contributed by atoms with Crippen LogP contribution in [0.3, 0.4) is 0 Å². The van der Waals surface area contributed by atoms with E-state index in [1.807, 2.05) is 26.0 Å². The molecule has 140 valence electrons. The lowest BCUT2D eigenvalue weighted by Crippen LogP contribution is -2.15. The predicted octanol–water partition coefficient (Wildman–Crippen LogP) is 3.55. The van der Waals surface area contributed by atoms with Crippen LogP contribution in [0.25, 0.3) is 11.0 Å². The summed E-state index contributed by atoms with van der Waals surface area (Å²) in [6, 6.07) is 9.97. The minimum atomic E-state index is -0.575. The van der Waals surface area contributed by atoms with Crippen molar-refractivity contribution in [3.05, 3.63) is 69.1 Å². The maximum atomic E-state index is 12.0. The van der Waals surface area contributed by atoms with Crippen molar-refractivity contribution in [1.29, 1.82) is 0 Å². The number of benzene rings is 2. The highest BCUT2D eigenvalue weighted by Gasteiger charge is 2.13. The van der Waals surface area contributed by atoms with Gasteiger partial charge >= 0.3 is 11.6 Å². The van der Waals surface area contributed by atoms with Gasteiger partial charge in [0, 0.05) is 22.6 Å². The fraction of sp³-hybridized carbons (Fsp3) is 0.238. The van der Waals surface area contributed by atoms with Crippen molar-refractivity contribution >= 4 is 16.9 Å². The van der Waals surface area contributed by atoms with Gasteiger partial charge in [-0.15, -0.1) is 0 Å². The Morgan fingerprint density at radius 2 is 1.85 bits per heavy atom. The van der Waals surface area contributed by atoms with Crippen molar-refractivity contribution in [2.75, 3.05) is 6.61 Å². The number of hydrogen-bond donors (Lipinski definition) is 1. The molecule has 1 aromatic heterocycles. The van der Waals surface area contributed by atoms with Gasteiger partial charge in [-0.1, -0.05) is 6.07 Å². The van der Waals surface area contributed by atoms with Gasteiger partial charge in [0.1, 0.15) is 23.7 Å². The second-order valence-corrected chi connectivity index (χ2v) is 6.37. The molecule has 27 heavy (non-hydrogen) atoms. The summed E-state index contributed by atoms with van der Waals surface area (Å²) < 4.78 is 15.8. The fourth-order valence-corrected chi connectivity index (χ4v) is 2.68. The Hall–Kier alpha value is -3.28. The SMILES string of the molecule is Cc1ccc(OCC(=O)OCc2cc(=O)oc3c(C)c(O)ccc23)cc1C. The predicted molar refractivity (Wildman–Crippen MR) is 100 cm³/mol. The molecule has 3 aromatic rings. The number of carbonyl (C=O) groups excluding carboxylic acids is 1. The number of aromatic hydroxyl groups is 1. The summed E-state index contributed by atoms with van der Waals surface area (Å²) in [6.45, 7) is 5.28. The van der Waals surface area contributed by atoms with Crippen LogP contribution in [0.2, 0.25) is 0 Å². The van der Waals surface area contributed by atoms with E-state index in [0.717, 1.165) is 11.1 Å². The zero-order valence-electron chi connectivity index (χ0n) is 15.4. The summed E-state index contributed by atoms with van der Waals surface area (Å²) in [4.78, 5) is 23.8. The average Bonchev–Trinajstić information content (AvgIpc) is 2.64. The summed E-state index contributed by atoms with van der Waals surface area (Å²) in [6.07, 6.45) is 0. The van der Waals surface area contributed by atoms with Crippen molar-refractivity contribution in [3.63, 3.8) is 0 Å². The number of rotatable bonds is 5. The Kier molecular flexibility index (Phi) is 5.16. The third-order valence-corrected chi connectivity index (χ3v) is 4.44. The Balaban J connectivity index is 1.69. The molecular formula is C21H20O6. The summed E-state index contributed by atoms with van der Waals surface area (Å²) >= 11 is 0. The molecule has 1 N–H and O–H groups in total. The summed E-state index contributed by atoms with van der Waals surface area (Å²) in [5.41, 5.74) is 2.87. The van der Waals surface area contributed by atoms with Crippen molar-refractivity contribution in [2.24, 2.45) is 0 Å². The molecule has 6 nitrogen and oxygen atoms in total. The van der Waals surface area contributed by atoms with Gasteiger partial charge in [-0.2, -0.15) is 0 Å². The zero-order chi connectivity index (χ0) is 19.6. The van der Waals surface area contributed by atoms with Gasteiger partial charge in [-0.25, -0.2) is 9.59 Å². The number of esters is 1. The molecule has 0 fully saturated rings. The van der Waals surface area contributed by atoms with Gasteiger partial charge in [-0.05, 0) is 56.2 Å². The Labute approximate surface area is 156 Å². The Bertz CT molecular complexity index is 1060. The molecule has 0 aliphatic heterocycles. The minimum absolute atomic E-state index is 0.0292. The number of ether oxygens (including phenoxy) is 2. The van der Waals surface area contributed by atoms with Gasteiger partial charge in [0.05, 0.1) is 0 Å². The topological polar surface area (TPSA) is 86.0 Å². The maximum Gasteiger partial charge on any atom is 0.344 e. The molecule has 0 atom stereocenters. The van der Waals surface area contributed by atoms with Crippen LogP contribution in [0.4, 0.5) is 0 Å². The highest BCUT2D eigenvalue weighted by atomic mass is 16.6. The normalized spacial score (nSPS) is 10.8. The van der Waals surface area contributed by atoms with E-state index in [-0.39, 0.29) is 24.5 Å². The lowest BCUT2D eigenvalue weighted by molar-refractivity contribution is -0.147. The summed E-state index contributed by atoms with van der Waals surface area (Å²) in [7, 11) is 0. The molecule has 0 saturated carbocycles. The highest BCUT2D eigenvalue weighted by Crippen LogP contribution is 2.27. The van der Waals surface area contributed by atoms with E-state index in [1.54, 1.807) is 19.1 Å². The standard InChI is InChI=1S/C21H20O6/c1-12-4-5-16(8-13(12)2)25-11-20(24)26-10-15-9-19(23)27-21-14(3)18(22)7-6-17(15)21/h4-9,22H,10-11H2,1-3H3. The molecule has 0 aliphatic carbocycles. The van der Waals surface area contributed by atoms with E-state index in [2.05, 4.69) is 0 Å². The number of aryl methyl sites for hydroxylation is 3. The van der Waals surface area contributed by atoms with E-state index in [1.165, 1.54) is 12.1 Å². The molecule has 3 rings (SSSR count). The first kappa shape index (κ1) is 18.5. The molecule has 0 radical (unpaired) electrons. The van der Waals surface area contributed by atoms with Gasteiger partial charge < -0.3 is 19.0 Å². The Morgan fingerprint density at radius 3 is 2.59 bits per heavy atom. The van der Waals surface area contributed by atoms with Gasteiger partial charge in [-0.3, -0.25) is 0 Å². The van der Waals surface area contributed by atoms with Crippen molar-refractivity contribution in [3.8, 4) is 11.5 Å². The first-order valence-corrected chi connectivity index (χ1v) is 8.46. The largest absolute Gasteiger partial charge is 0.508 e. The third kappa shape index (κ3) is 4.11. The van der Waals surface area contributed by atoms with E-state index in [0.29, 0.717) is 22.3 Å². The molecule has 6 heteroatoms. The fourth-order valence-electron chi connectivity index (χ4n) is 2.68.